The summed E-state index contributed by atoms with van der Waals surface area (Å²) in [5.74, 6) is 0.335. The average molecular weight is 349 g/mol. The topological polar surface area (TPSA) is 15.7 Å². The zero-order chi connectivity index (χ0) is 17.8. The summed E-state index contributed by atoms with van der Waals surface area (Å²) in [6.07, 6.45) is 4.95. The minimum Gasteiger partial charge on any atom is -0.381 e. The van der Waals surface area contributed by atoms with Crippen LogP contribution < -0.4 is 0 Å². The minimum atomic E-state index is -0.158. The van der Waals surface area contributed by atoms with Crippen LogP contribution in [-0.4, -0.2) is 61.3 Å². The Labute approximate surface area is 152 Å². The standard InChI is InChI=1S/C21H33FN2O/c1-16(2)23-11-8-20(9-12-23)24-13-10-21(25-3)18(15-24)14-17-4-6-19(22)7-5-17/h4-7,16,18,20-21H,8-15H2,1-3H3/t18-,21-/m1/s1. The number of likely N-dealkylation sites (tertiary alicyclic amines) is 2. The van der Waals surface area contributed by atoms with Crippen molar-refractivity contribution in [3.05, 3.63) is 35.6 Å². The number of ether oxygens (including phenoxy) is 1. The van der Waals surface area contributed by atoms with Crippen LogP contribution in [0, 0.1) is 11.7 Å². The number of benzene rings is 1. The lowest BCUT2D eigenvalue weighted by atomic mass is 9.87. The van der Waals surface area contributed by atoms with Gasteiger partial charge in [0.25, 0.3) is 0 Å². The molecule has 2 aliphatic heterocycles. The number of halogens is 1. The van der Waals surface area contributed by atoms with Crippen LogP contribution in [0.25, 0.3) is 0 Å². The molecular formula is C21H33FN2O. The third-order valence-electron chi connectivity index (χ3n) is 6.16. The Balaban J connectivity index is 1.59. The molecule has 140 valence electrons. The monoisotopic (exact) mass is 348 g/mol. The summed E-state index contributed by atoms with van der Waals surface area (Å²) in [7, 11) is 1.83. The normalized spacial score (nSPS) is 27.1. The quantitative estimate of drug-likeness (QED) is 0.809. The van der Waals surface area contributed by atoms with Crippen molar-refractivity contribution in [3.8, 4) is 0 Å². The Kier molecular flexibility index (Phi) is 6.48. The van der Waals surface area contributed by atoms with E-state index in [1.54, 1.807) is 12.1 Å². The van der Waals surface area contributed by atoms with E-state index in [0.717, 1.165) is 25.9 Å². The Bertz CT molecular complexity index is 525. The number of rotatable bonds is 5. The second kappa shape index (κ2) is 8.61. The van der Waals surface area contributed by atoms with Crippen LogP contribution in [0.4, 0.5) is 4.39 Å². The van der Waals surface area contributed by atoms with Crippen molar-refractivity contribution in [2.24, 2.45) is 5.92 Å². The Morgan fingerprint density at radius 1 is 1.08 bits per heavy atom. The van der Waals surface area contributed by atoms with Crippen LogP contribution in [0.2, 0.25) is 0 Å². The molecule has 4 heteroatoms. The maximum absolute atomic E-state index is 13.2. The summed E-state index contributed by atoms with van der Waals surface area (Å²) in [6.45, 7) is 9.27. The van der Waals surface area contributed by atoms with E-state index in [1.807, 2.05) is 19.2 Å². The van der Waals surface area contributed by atoms with E-state index in [-0.39, 0.29) is 5.82 Å². The molecule has 2 fully saturated rings. The van der Waals surface area contributed by atoms with E-state index < -0.39 is 0 Å². The Morgan fingerprint density at radius 2 is 1.76 bits per heavy atom. The molecule has 2 heterocycles. The fourth-order valence-corrected chi connectivity index (χ4v) is 4.57. The van der Waals surface area contributed by atoms with Gasteiger partial charge in [-0.05, 0) is 70.3 Å². The van der Waals surface area contributed by atoms with Gasteiger partial charge in [0.15, 0.2) is 0 Å². The smallest absolute Gasteiger partial charge is 0.123 e. The highest BCUT2D eigenvalue weighted by Crippen LogP contribution is 2.28. The highest BCUT2D eigenvalue weighted by atomic mass is 19.1. The van der Waals surface area contributed by atoms with Gasteiger partial charge in [-0.25, -0.2) is 4.39 Å². The van der Waals surface area contributed by atoms with Gasteiger partial charge in [0, 0.05) is 38.2 Å². The van der Waals surface area contributed by atoms with Crippen LogP contribution in [0.3, 0.4) is 0 Å². The van der Waals surface area contributed by atoms with Gasteiger partial charge in [-0.2, -0.15) is 0 Å². The van der Waals surface area contributed by atoms with Gasteiger partial charge < -0.3 is 9.64 Å². The van der Waals surface area contributed by atoms with Gasteiger partial charge in [-0.3, -0.25) is 4.90 Å². The van der Waals surface area contributed by atoms with E-state index in [1.165, 1.54) is 31.5 Å². The van der Waals surface area contributed by atoms with Gasteiger partial charge in [0.2, 0.25) is 0 Å². The lowest BCUT2D eigenvalue weighted by Crippen LogP contribution is -2.52. The van der Waals surface area contributed by atoms with Crippen LogP contribution in [0.1, 0.15) is 38.7 Å². The lowest BCUT2D eigenvalue weighted by molar-refractivity contribution is -0.0282. The fraction of sp³-hybridized carbons (Fsp3) is 0.714. The molecule has 0 aromatic heterocycles. The number of methoxy groups -OCH3 is 1. The van der Waals surface area contributed by atoms with Gasteiger partial charge >= 0.3 is 0 Å². The molecule has 3 rings (SSSR count). The second-order valence-corrected chi connectivity index (χ2v) is 8.01. The van der Waals surface area contributed by atoms with E-state index >= 15 is 0 Å². The highest BCUT2D eigenvalue weighted by Gasteiger charge is 2.34. The molecule has 0 aliphatic carbocycles. The first kappa shape index (κ1) is 18.8. The first-order valence-corrected chi connectivity index (χ1v) is 9.82. The van der Waals surface area contributed by atoms with Crippen molar-refractivity contribution in [1.29, 1.82) is 0 Å². The molecular weight excluding hydrogens is 315 g/mol. The molecule has 1 aromatic carbocycles. The van der Waals surface area contributed by atoms with Gasteiger partial charge in [0.05, 0.1) is 6.10 Å². The first-order chi connectivity index (χ1) is 12.1. The predicted molar refractivity (Wildman–Crippen MR) is 100 cm³/mol. The van der Waals surface area contributed by atoms with Crippen molar-refractivity contribution in [2.45, 2.75) is 57.7 Å². The zero-order valence-electron chi connectivity index (χ0n) is 16.0. The molecule has 2 saturated heterocycles. The number of piperidine rings is 2. The molecule has 0 unspecified atom stereocenters. The van der Waals surface area contributed by atoms with E-state index in [9.17, 15) is 4.39 Å². The number of nitrogens with zero attached hydrogens (tertiary/aromatic N) is 2. The molecule has 1 aromatic rings. The van der Waals surface area contributed by atoms with Crippen LogP contribution in [-0.2, 0) is 11.2 Å². The highest BCUT2D eigenvalue weighted by molar-refractivity contribution is 5.17. The molecule has 0 N–H and O–H groups in total. The van der Waals surface area contributed by atoms with Crippen molar-refractivity contribution < 1.29 is 9.13 Å². The number of hydrogen-bond donors (Lipinski definition) is 0. The molecule has 3 nitrogen and oxygen atoms in total. The average Bonchev–Trinajstić information content (AvgIpc) is 2.63. The first-order valence-electron chi connectivity index (χ1n) is 9.82. The zero-order valence-corrected chi connectivity index (χ0v) is 16.0. The largest absolute Gasteiger partial charge is 0.381 e. The van der Waals surface area contributed by atoms with Gasteiger partial charge in [-0.15, -0.1) is 0 Å². The van der Waals surface area contributed by atoms with Crippen LogP contribution in [0.15, 0.2) is 24.3 Å². The summed E-state index contributed by atoms with van der Waals surface area (Å²) in [5.41, 5.74) is 1.21. The second-order valence-electron chi connectivity index (χ2n) is 8.01. The number of hydrogen-bond acceptors (Lipinski definition) is 3. The van der Waals surface area contributed by atoms with E-state index in [2.05, 4.69) is 23.6 Å². The summed E-state index contributed by atoms with van der Waals surface area (Å²) >= 11 is 0. The maximum atomic E-state index is 13.2. The van der Waals surface area contributed by atoms with Crippen molar-refractivity contribution in [3.63, 3.8) is 0 Å². The molecule has 0 saturated carbocycles. The van der Waals surface area contributed by atoms with E-state index in [0.29, 0.717) is 24.1 Å². The summed E-state index contributed by atoms with van der Waals surface area (Å²) < 4.78 is 18.9. The van der Waals surface area contributed by atoms with E-state index in [4.69, 9.17) is 4.74 Å². The molecule has 2 aliphatic rings. The van der Waals surface area contributed by atoms with Crippen LogP contribution in [0.5, 0.6) is 0 Å². The summed E-state index contributed by atoms with van der Waals surface area (Å²) in [6, 6.07) is 8.35. The van der Waals surface area contributed by atoms with Gasteiger partial charge in [0.1, 0.15) is 5.82 Å². The lowest BCUT2D eigenvalue weighted by Gasteiger charge is -2.45. The maximum Gasteiger partial charge on any atom is 0.123 e. The molecule has 0 spiro atoms. The van der Waals surface area contributed by atoms with Crippen molar-refractivity contribution in [2.75, 3.05) is 33.3 Å². The predicted octanol–water partition coefficient (Wildman–Crippen LogP) is 3.58. The third-order valence-corrected chi connectivity index (χ3v) is 6.16. The molecule has 2 atom stereocenters. The molecule has 0 amide bonds. The molecule has 0 bridgehead atoms. The molecule has 0 radical (unpaired) electrons. The van der Waals surface area contributed by atoms with Crippen molar-refractivity contribution in [1.82, 2.24) is 9.80 Å². The van der Waals surface area contributed by atoms with Crippen LogP contribution >= 0.6 is 0 Å². The molecule has 25 heavy (non-hydrogen) atoms. The summed E-state index contributed by atoms with van der Waals surface area (Å²) in [4.78, 5) is 5.29. The van der Waals surface area contributed by atoms with Crippen molar-refractivity contribution >= 4 is 0 Å². The Morgan fingerprint density at radius 3 is 2.36 bits per heavy atom. The SMILES string of the molecule is CO[C@@H]1CCN(C2CCN(C(C)C)CC2)C[C@H]1Cc1ccc(F)cc1. The fourth-order valence-electron chi connectivity index (χ4n) is 4.57. The summed E-state index contributed by atoms with van der Waals surface area (Å²) in [5, 5.41) is 0. The van der Waals surface area contributed by atoms with Gasteiger partial charge in [-0.1, -0.05) is 12.1 Å². The minimum absolute atomic E-state index is 0.158. The Hall–Kier alpha value is -0.970. The third kappa shape index (κ3) is 4.81.